The molecule has 0 radical (unpaired) electrons. The van der Waals surface area contributed by atoms with E-state index in [2.05, 4.69) is 9.97 Å². The molecule has 2 unspecified atom stereocenters. The minimum atomic E-state index is -0.316. The highest BCUT2D eigenvalue weighted by Gasteiger charge is 2.27. The zero-order chi connectivity index (χ0) is 12.4. The van der Waals surface area contributed by atoms with Gasteiger partial charge in [0.05, 0.1) is 12.1 Å². The van der Waals surface area contributed by atoms with E-state index in [1.165, 1.54) is 0 Å². The largest absolute Gasteiger partial charge is 0.391 e. The molecule has 1 aromatic heterocycles. The Morgan fingerprint density at radius 2 is 2.12 bits per heavy atom. The molecule has 2 rings (SSSR count). The van der Waals surface area contributed by atoms with E-state index in [1.807, 2.05) is 11.9 Å². The molecular weight excluding hydrogens is 240 g/mol. The van der Waals surface area contributed by atoms with Crippen molar-refractivity contribution < 1.29 is 5.11 Å². The van der Waals surface area contributed by atoms with Gasteiger partial charge in [-0.15, -0.1) is 0 Å². The van der Waals surface area contributed by atoms with E-state index in [9.17, 15) is 5.11 Å². The third kappa shape index (κ3) is 2.79. The molecule has 1 aliphatic rings. The Bertz CT molecular complexity index is 381. The number of hydrogen-bond acceptors (Lipinski definition) is 5. The van der Waals surface area contributed by atoms with Crippen LogP contribution >= 0.6 is 11.6 Å². The molecule has 1 aliphatic carbocycles. The summed E-state index contributed by atoms with van der Waals surface area (Å²) in [5, 5.41) is 10.3. The second-order valence-electron chi connectivity index (χ2n) is 4.44. The smallest absolute Gasteiger partial charge is 0.223 e. The maximum absolute atomic E-state index is 9.99. The number of halogens is 1. The lowest BCUT2D eigenvalue weighted by molar-refractivity contribution is 0.106. The molecule has 0 spiro atoms. The Balaban J connectivity index is 2.20. The lowest BCUT2D eigenvalue weighted by atomic mass is 9.91. The zero-order valence-electron chi connectivity index (χ0n) is 9.80. The monoisotopic (exact) mass is 256 g/mol. The van der Waals surface area contributed by atoms with Crippen molar-refractivity contribution in [3.8, 4) is 0 Å². The van der Waals surface area contributed by atoms with Crippen LogP contribution in [0.2, 0.25) is 5.15 Å². The first kappa shape index (κ1) is 12.4. The number of hydrogen-bond donors (Lipinski definition) is 2. The Morgan fingerprint density at radius 1 is 1.41 bits per heavy atom. The average Bonchev–Trinajstić information content (AvgIpc) is 2.27. The molecule has 5 nitrogen and oxygen atoms in total. The average molecular weight is 257 g/mol. The van der Waals surface area contributed by atoms with Crippen molar-refractivity contribution in [2.75, 3.05) is 17.7 Å². The lowest BCUT2D eigenvalue weighted by Gasteiger charge is -2.35. The van der Waals surface area contributed by atoms with Gasteiger partial charge in [0, 0.05) is 13.1 Å². The highest BCUT2D eigenvalue weighted by Crippen LogP contribution is 2.26. The Morgan fingerprint density at radius 3 is 2.76 bits per heavy atom. The number of aliphatic hydroxyl groups is 1. The number of aliphatic hydroxyl groups excluding tert-OH is 1. The number of nitrogens with zero attached hydrogens (tertiary/aromatic N) is 3. The van der Waals surface area contributed by atoms with Gasteiger partial charge in [-0.05, 0) is 12.8 Å². The van der Waals surface area contributed by atoms with Gasteiger partial charge in [0.2, 0.25) is 5.95 Å². The highest BCUT2D eigenvalue weighted by molar-refractivity contribution is 6.29. The van der Waals surface area contributed by atoms with Crippen molar-refractivity contribution in [2.45, 2.75) is 37.8 Å². The van der Waals surface area contributed by atoms with Gasteiger partial charge in [-0.3, -0.25) is 0 Å². The molecule has 1 heterocycles. The summed E-state index contributed by atoms with van der Waals surface area (Å²) in [7, 11) is 1.90. The van der Waals surface area contributed by atoms with Crippen LogP contribution in [0, 0.1) is 0 Å². The second-order valence-corrected chi connectivity index (χ2v) is 4.82. The quantitative estimate of drug-likeness (QED) is 0.784. The van der Waals surface area contributed by atoms with Crippen LogP contribution in [0.25, 0.3) is 0 Å². The molecule has 94 valence electrons. The third-order valence-electron chi connectivity index (χ3n) is 3.25. The summed E-state index contributed by atoms with van der Waals surface area (Å²) in [5.41, 5.74) is 5.57. The van der Waals surface area contributed by atoms with Crippen LogP contribution in [0.4, 0.5) is 11.8 Å². The van der Waals surface area contributed by atoms with Gasteiger partial charge >= 0.3 is 0 Å². The Hall–Kier alpha value is -1.07. The van der Waals surface area contributed by atoms with Gasteiger partial charge in [-0.2, -0.15) is 4.98 Å². The molecule has 0 saturated heterocycles. The normalized spacial score (nSPS) is 24.6. The summed E-state index contributed by atoms with van der Waals surface area (Å²) in [6.45, 7) is 0. The number of anilines is 2. The molecule has 0 aromatic carbocycles. The maximum Gasteiger partial charge on any atom is 0.223 e. The van der Waals surface area contributed by atoms with E-state index < -0.39 is 0 Å². The molecular formula is C11H17ClN4O. The maximum atomic E-state index is 9.99. The van der Waals surface area contributed by atoms with Gasteiger partial charge in [0.25, 0.3) is 0 Å². The van der Waals surface area contributed by atoms with Crippen LogP contribution < -0.4 is 10.6 Å². The van der Waals surface area contributed by atoms with Gasteiger partial charge < -0.3 is 15.7 Å². The van der Waals surface area contributed by atoms with Crippen molar-refractivity contribution in [2.24, 2.45) is 0 Å². The van der Waals surface area contributed by atoms with Crippen LogP contribution in [0.1, 0.15) is 25.7 Å². The van der Waals surface area contributed by atoms with Gasteiger partial charge in [0.15, 0.2) is 0 Å². The first-order valence-electron chi connectivity index (χ1n) is 5.79. The summed E-state index contributed by atoms with van der Waals surface area (Å²) >= 11 is 5.85. The SMILES string of the molecule is CN(c1cc(Cl)nc(N)n1)C1CCCCC1O. The van der Waals surface area contributed by atoms with Crippen LogP contribution in [-0.4, -0.2) is 34.3 Å². The predicted octanol–water partition coefficient (Wildman–Crippen LogP) is 1.45. The molecule has 1 fully saturated rings. The Kier molecular flexibility index (Phi) is 3.69. The van der Waals surface area contributed by atoms with Gasteiger partial charge in [-0.1, -0.05) is 24.4 Å². The number of rotatable bonds is 2. The zero-order valence-corrected chi connectivity index (χ0v) is 10.6. The standard InChI is InChI=1S/C11H17ClN4O/c1-16(7-4-2-3-5-8(7)17)10-6-9(12)14-11(13)15-10/h6-8,17H,2-5H2,1H3,(H2,13,14,15). The van der Waals surface area contributed by atoms with Crippen LogP contribution in [-0.2, 0) is 0 Å². The van der Waals surface area contributed by atoms with Crippen molar-refractivity contribution in [1.29, 1.82) is 0 Å². The van der Waals surface area contributed by atoms with Crippen molar-refractivity contribution in [3.05, 3.63) is 11.2 Å². The molecule has 0 aliphatic heterocycles. The summed E-state index contributed by atoms with van der Waals surface area (Å²) in [6.07, 6.45) is 3.69. The fourth-order valence-electron chi connectivity index (χ4n) is 2.32. The summed E-state index contributed by atoms with van der Waals surface area (Å²) in [6, 6.07) is 1.74. The molecule has 2 atom stereocenters. The Labute approximate surface area is 106 Å². The number of nitrogens with two attached hydrogens (primary N) is 1. The third-order valence-corrected chi connectivity index (χ3v) is 3.45. The van der Waals surface area contributed by atoms with E-state index >= 15 is 0 Å². The summed E-state index contributed by atoms with van der Waals surface area (Å²) < 4.78 is 0. The second kappa shape index (κ2) is 5.06. The molecule has 1 saturated carbocycles. The van der Waals surface area contributed by atoms with Crippen molar-refractivity contribution in [3.63, 3.8) is 0 Å². The van der Waals surface area contributed by atoms with Gasteiger partial charge in [0.1, 0.15) is 11.0 Å². The van der Waals surface area contributed by atoms with Crippen LogP contribution in [0.15, 0.2) is 6.07 Å². The van der Waals surface area contributed by atoms with E-state index in [1.54, 1.807) is 6.07 Å². The van der Waals surface area contributed by atoms with E-state index in [4.69, 9.17) is 17.3 Å². The fraction of sp³-hybridized carbons (Fsp3) is 0.636. The highest BCUT2D eigenvalue weighted by atomic mass is 35.5. The van der Waals surface area contributed by atoms with E-state index in [0.29, 0.717) is 11.0 Å². The fourth-order valence-corrected chi connectivity index (χ4v) is 2.50. The van der Waals surface area contributed by atoms with E-state index in [-0.39, 0.29) is 18.1 Å². The molecule has 0 bridgehead atoms. The minimum absolute atomic E-state index is 0.0779. The first-order valence-corrected chi connectivity index (χ1v) is 6.16. The number of likely N-dealkylation sites (N-methyl/N-ethyl adjacent to an activating group) is 1. The molecule has 1 aromatic rings. The van der Waals surface area contributed by atoms with Crippen LogP contribution in [0.3, 0.4) is 0 Å². The molecule has 3 N–H and O–H groups in total. The lowest BCUT2D eigenvalue weighted by Crippen LogP contribution is -2.43. The minimum Gasteiger partial charge on any atom is -0.391 e. The number of aromatic nitrogens is 2. The first-order chi connectivity index (χ1) is 8.08. The van der Waals surface area contributed by atoms with Crippen molar-refractivity contribution in [1.82, 2.24) is 9.97 Å². The summed E-state index contributed by atoms with van der Waals surface area (Å²) in [4.78, 5) is 9.90. The van der Waals surface area contributed by atoms with E-state index in [0.717, 1.165) is 25.7 Å². The van der Waals surface area contributed by atoms with Crippen molar-refractivity contribution >= 4 is 23.4 Å². The molecule has 17 heavy (non-hydrogen) atoms. The number of nitrogen functional groups attached to an aromatic ring is 1. The topological polar surface area (TPSA) is 75.3 Å². The summed E-state index contributed by atoms with van der Waals surface area (Å²) in [5.74, 6) is 0.818. The predicted molar refractivity (Wildman–Crippen MR) is 68.1 cm³/mol. The van der Waals surface area contributed by atoms with Gasteiger partial charge in [-0.25, -0.2) is 4.98 Å². The molecule has 6 heteroatoms. The molecule has 0 amide bonds. The van der Waals surface area contributed by atoms with Crippen LogP contribution in [0.5, 0.6) is 0 Å².